The van der Waals surface area contributed by atoms with Crippen LogP contribution >= 0.6 is 24.0 Å². The molecule has 0 aliphatic carbocycles. The van der Waals surface area contributed by atoms with Crippen LogP contribution in [0.15, 0.2) is 0 Å². The summed E-state index contributed by atoms with van der Waals surface area (Å²) in [5.41, 5.74) is 4.50. The molecule has 0 atom stereocenters. The Hall–Kier alpha value is 3.82. The normalized spacial score (nSPS) is 3.43. The van der Waals surface area contributed by atoms with Gasteiger partial charge in [0.05, 0.1) is 0 Å². The van der Waals surface area contributed by atoms with Crippen LogP contribution in [-0.4, -0.2) is 64.2 Å². The smallest absolute Gasteiger partial charge is 1.00 e. The molecule has 7 heavy (non-hydrogen) atoms. The Kier molecular flexibility index (Phi) is 105. The van der Waals surface area contributed by atoms with Crippen LogP contribution < -0.4 is 5.73 Å². The van der Waals surface area contributed by atoms with Gasteiger partial charge in [-0.15, -0.1) is 0 Å². The minimum Gasteiger partial charge on any atom is -1.00 e. The third-order valence-electron chi connectivity index (χ3n) is 0. The molecule has 0 rings (SSSR count). The van der Waals surface area contributed by atoms with E-state index in [9.17, 15) is 0 Å². The third-order valence-corrected chi connectivity index (χ3v) is 0. The van der Waals surface area contributed by atoms with Gasteiger partial charge in [-0.1, -0.05) is 0 Å². The average Bonchev–Trinajstić information content (AvgIpc) is 1.46. The van der Waals surface area contributed by atoms with Gasteiger partial charge in [0.15, 0.2) is 0 Å². The molecule has 2 N–H and O–H groups in total. The first-order valence-corrected chi connectivity index (χ1v) is 17.8. The van der Waals surface area contributed by atoms with Crippen molar-refractivity contribution in [3.63, 3.8) is 0 Å². The van der Waals surface area contributed by atoms with Crippen molar-refractivity contribution in [1.29, 1.82) is 0 Å². The van der Waals surface area contributed by atoms with Gasteiger partial charge in [-0.25, -0.2) is 0 Å². The average molecular weight is 488 g/mol. The molecule has 40 valence electrons. The maximum Gasteiger partial charge on any atom is 2.00 e. The second kappa shape index (κ2) is 32.9. The van der Waals surface area contributed by atoms with Gasteiger partial charge in [0.2, 0.25) is 0 Å². The summed E-state index contributed by atoms with van der Waals surface area (Å²) in [6.45, 7) is 0. The number of rotatable bonds is 0. The molecule has 0 unspecified atom stereocenters. The van der Waals surface area contributed by atoms with E-state index in [0.29, 0.717) is 0 Å². The zero-order valence-corrected chi connectivity index (χ0v) is 14.9. The van der Waals surface area contributed by atoms with Gasteiger partial charge < -0.3 is 8.59 Å². The first-order chi connectivity index (χ1) is 2.41. The van der Waals surface area contributed by atoms with Crippen LogP contribution in [0, 0.1) is 0 Å². The molecule has 0 spiro atoms. The molecule has 6 heteroatoms. The fourth-order valence-corrected chi connectivity index (χ4v) is 0. The monoisotopic (exact) mass is 487 g/mol. The third kappa shape index (κ3) is 41.2. The van der Waals surface area contributed by atoms with E-state index in [4.69, 9.17) is 0 Å². The van der Waals surface area contributed by atoms with Crippen molar-refractivity contribution in [2.45, 2.75) is 0 Å². The van der Waals surface area contributed by atoms with Gasteiger partial charge in [0.25, 0.3) is 0 Å². The quantitative estimate of drug-likeness (QED) is 0.501. The first-order valence-electron chi connectivity index (χ1n) is 0.955. The second-order valence-corrected chi connectivity index (χ2v) is 16.9. The molecule has 0 aromatic rings. The molecular formula is CH7Br2CaNPbTi. The molecule has 0 aliphatic rings. The SMILES string of the molecule is CN.[Br][Pb][Br].[Ca+2].[H-].[H-].[Ti]. The standard InChI is InChI=1S/CH5N.2BrH.Ca.Pb.Ti.2H/c1-2;;;;;;;/h2H2,1H3;2*1H;;;;;/q;;;2*+2;;2*-1/p-2. The number of hydrogen-bond donors (Lipinski definition) is 1. The Balaban J connectivity index is -0.00000000357. The van der Waals surface area contributed by atoms with Crippen LogP contribution in [-0.2, 0) is 21.7 Å². The Morgan fingerprint density at radius 3 is 1.43 bits per heavy atom. The fraction of sp³-hybridized carbons (Fsp3) is 1.00. The molecule has 0 heterocycles. The summed E-state index contributed by atoms with van der Waals surface area (Å²) in [6, 6.07) is 0. The summed E-state index contributed by atoms with van der Waals surface area (Å²) in [5.74, 6) is 0. The molecule has 0 aromatic heterocycles. The Morgan fingerprint density at radius 1 is 1.43 bits per heavy atom. The van der Waals surface area contributed by atoms with E-state index in [2.05, 4.69) is 29.7 Å². The zero-order chi connectivity index (χ0) is 4.71. The Labute approximate surface area is 116 Å². The van der Waals surface area contributed by atoms with E-state index in [0.717, 1.165) is 0 Å². The largest absolute Gasteiger partial charge is 2.00 e. The van der Waals surface area contributed by atoms with Gasteiger partial charge in [-0.2, -0.15) is 0 Å². The Bertz CT molecular complexity index is 24.5. The number of nitrogens with two attached hydrogens (primary N) is 1. The van der Waals surface area contributed by atoms with Gasteiger partial charge in [0, 0.05) is 21.7 Å². The van der Waals surface area contributed by atoms with Crippen LogP contribution in [0.25, 0.3) is 0 Å². The van der Waals surface area contributed by atoms with Gasteiger partial charge in [0.1, 0.15) is 0 Å². The van der Waals surface area contributed by atoms with Crippen molar-refractivity contribution in [3.8, 4) is 0 Å². The number of hydrogen-bond acceptors (Lipinski definition) is 1. The van der Waals surface area contributed by atoms with Gasteiger partial charge in [-0.05, 0) is 7.05 Å². The summed E-state index contributed by atoms with van der Waals surface area (Å²) < 4.78 is 0. The zero-order valence-electron chi connectivity index (χ0n) is 6.04. The van der Waals surface area contributed by atoms with Gasteiger partial charge in [-0.3, -0.25) is 0 Å². The minimum atomic E-state index is -0.292. The van der Waals surface area contributed by atoms with Crippen molar-refractivity contribution in [1.82, 2.24) is 0 Å². The summed E-state index contributed by atoms with van der Waals surface area (Å²) in [7, 11) is 1.50. The molecule has 0 saturated carbocycles. The second-order valence-electron chi connectivity index (χ2n) is 0.0714. The van der Waals surface area contributed by atoms with E-state index in [1.165, 1.54) is 7.05 Å². The van der Waals surface area contributed by atoms with Crippen LogP contribution in [0.4, 0.5) is 0 Å². The molecular weight excluding hydrogens is 481 g/mol. The fourth-order valence-electron chi connectivity index (χ4n) is 0. The van der Waals surface area contributed by atoms with Crippen LogP contribution in [0.1, 0.15) is 2.85 Å². The van der Waals surface area contributed by atoms with Crippen molar-refractivity contribution < 1.29 is 24.6 Å². The summed E-state index contributed by atoms with van der Waals surface area (Å²) in [4.78, 5) is 0. The molecule has 0 saturated heterocycles. The molecule has 0 amide bonds. The van der Waals surface area contributed by atoms with E-state index in [1.807, 2.05) is 0 Å². The van der Waals surface area contributed by atoms with Gasteiger partial charge >= 0.3 is 81.1 Å². The first kappa shape index (κ1) is 22.4. The molecule has 0 aliphatic heterocycles. The van der Waals surface area contributed by atoms with Crippen LogP contribution in [0.2, 0.25) is 0 Å². The maximum atomic E-state index is 4.50. The van der Waals surface area contributed by atoms with Crippen molar-refractivity contribution in [2.75, 3.05) is 7.05 Å². The van der Waals surface area contributed by atoms with E-state index in [-0.39, 0.29) is 81.7 Å². The molecule has 0 aromatic carbocycles. The van der Waals surface area contributed by atoms with Crippen LogP contribution in [0.5, 0.6) is 0 Å². The Morgan fingerprint density at radius 2 is 1.43 bits per heavy atom. The molecule has 0 fully saturated rings. The molecule has 2 radical (unpaired) electrons. The minimum absolute atomic E-state index is 0. The van der Waals surface area contributed by atoms with E-state index < -0.39 is 0 Å². The van der Waals surface area contributed by atoms with E-state index in [1.54, 1.807) is 0 Å². The summed E-state index contributed by atoms with van der Waals surface area (Å²) >= 11 is 6.22. The van der Waals surface area contributed by atoms with Crippen LogP contribution in [0.3, 0.4) is 0 Å². The predicted molar refractivity (Wildman–Crippen MR) is 41.7 cm³/mol. The topological polar surface area (TPSA) is 26.0 Å². The summed E-state index contributed by atoms with van der Waals surface area (Å²) in [6.07, 6.45) is 0. The van der Waals surface area contributed by atoms with E-state index >= 15 is 0 Å². The molecule has 0 bridgehead atoms. The van der Waals surface area contributed by atoms with Crippen molar-refractivity contribution in [3.05, 3.63) is 0 Å². The van der Waals surface area contributed by atoms with Crippen molar-refractivity contribution in [2.24, 2.45) is 5.73 Å². The molecule has 1 nitrogen and oxygen atoms in total. The number of halogens is 2. The maximum absolute atomic E-state index is 4.50. The predicted octanol–water partition coefficient (Wildman–Crippen LogP) is 0.727. The van der Waals surface area contributed by atoms with Crippen molar-refractivity contribution >= 4 is 81.1 Å². The summed E-state index contributed by atoms with van der Waals surface area (Å²) in [5, 5.41) is 0.